The van der Waals surface area contributed by atoms with E-state index in [0.29, 0.717) is 11.3 Å². The molecule has 0 aromatic heterocycles. The highest BCUT2D eigenvalue weighted by molar-refractivity contribution is 5.83. The highest BCUT2D eigenvalue weighted by atomic mass is 19.3. The second-order valence-corrected chi connectivity index (χ2v) is 5.89. The molecule has 3 aromatic carbocycles. The fraction of sp³-hybridized carbons (Fsp3) is 0.0909. The summed E-state index contributed by atoms with van der Waals surface area (Å²) in [6, 6.07) is 23.0. The summed E-state index contributed by atoms with van der Waals surface area (Å²) in [6.07, 6.45) is 1.39. The van der Waals surface area contributed by atoms with Crippen LogP contribution in [0.1, 0.15) is 5.56 Å². The molecule has 7 heteroatoms. The zero-order chi connectivity index (χ0) is 20.5. The van der Waals surface area contributed by atoms with Crippen molar-refractivity contribution in [3.05, 3.63) is 84.4 Å². The molecule has 3 aromatic rings. The number of carbonyl (C=O) groups is 1. The molecular weight excluding hydrogens is 378 g/mol. The van der Waals surface area contributed by atoms with Crippen molar-refractivity contribution in [2.45, 2.75) is 6.61 Å². The molecule has 1 amide bonds. The van der Waals surface area contributed by atoms with Crippen LogP contribution in [0.2, 0.25) is 0 Å². The highest BCUT2D eigenvalue weighted by Crippen LogP contribution is 2.29. The first-order valence-electron chi connectivity index (χ1n) is 8.76. The van der Waals surface area contributed by atoms with Crippen LogP contribution in [-0.2, 0) is 4.79 Å². The summed E-state index contributed by atoms with van der Waals surface area (Å²) in [5, 5.41) is 3.83. The first-order valence-corrected chi connectivity index (χ1v) is 8.76. The van der Waals surface area contributed by atoms with E-state index in [1.54, 1.807) is 18.2 Å². The van der Waals surface area contributed by atoms with Gasteiger partial charge in [-0.1, -0.05) is 48.5 Å². The number of hydrogen-bond donors (Lipinski definition) is 1. The van der Waals surface area contributed by atoms with Crippen molar-refractivity contribution in [2.24, 2.45) is 5.10 Å². The van der Waals surface area contributed by atoms with Crippen LogP contribution in [0, 0.1) is 0 Å². The molecule has 0 aliphatic carbocycles. The number of halogens is 2. The van der Waals surface area contributed by atoms with Gasteiger partial charge in [-0.2, -0.15) is 13.9 Å². The van der Waals surface area contributed by atoms with Crippen LogP contribution < -0.4 is 14.9 Å². The van der Waals surface area contributed by atoms with Crippen LogP contribution in [0.15, 0.2) is 84.0 Å². The van der Waals surface area contributed by atoms with Crippen LogP contribution >= 0.6 is 0 Å². The monoisotopic (exact) mass is 396 g/mol. The lowest BCUT2D eigenvalue weighted by molar-refractivity contribution is -0.123. The standard InChI is InChI=1S/C22H18F2N2O3/c23-22(24)29-18-12-10-16(11-13-18)14-25-26-21(27)15-28-20-9-5-4-8-19(20)17-6-2-1-3-7-17/h1-14,22H,15H2,(H,26,27)/b25-14-. The smallest absolute Gasteiger partial charge is 0.387 e. The number of ether oxygens (including phenoxy) is 2. The Kier molecular flexibility index (Phi) is 6.89. The van der Waals surface area contributed by atoms with Crippen molar-refractivity contribution in [3.8, 4) is 22.6 Å². The molecule has 0 aliphatic rings. The normalized spacial score (nSPS) is 10.9. The fourth-order valence-electron chi connectivity index (χ4n) is 2.54. The van der Waals surface area contributed by atoms with Gasteiger partial charge in [-0.05, 0) is 41.5 Å². The van der Waals surface area contributed by atoms with Gasteiger partial charge in [-0.15, -0.1) is 0 Å². The molecule has 1 N–H and O–H groups in total. The lowest BCUT2D eigenvalue weighted by Gasteiger charge is -2.10. The van der Waals surface area contributed by atoms with Gasteiger partial charge in [-0.25, -0.2) is 5.43 Å². The Morgan fingerprint density at radius 1 is 0.966 bits per heavy atom. The summed E-state index contributed by atoms with van der Waals surface area (Å²) < 4.78 is 34.1. The third-order valence-electron chi connectivity index (χ3n) is 3.84. The minimum atomic E-state index is -2.87. The van der Waals surface area contributed by atoms with Gasteiger partial charge in [0.1, 0.15) is 11.5 Å². The molecule has 3 rings (SSSR count). The van der Waals surface area contributed by atoms with E-state index in [9.17, 15) is 13.6 Å². The summed E-state index contributed by atoms with van der Waals surface area (Å²) in [5.74, 6) is 0.209. The molecule has 29 heavy (non-hydrogen) atoms. The molecule has 0 atom stereocenters. The fourth-order valence-corrected chi connectivity index (χ4v) is 2.54. The van der Waals surface area contributed by atoms with Gasteiger partial charge in [0.15, 0.2) is 6.61 Å². The van der Waals surface area contributed by atoms with E-state index in [0.717, 1.165) is 11.1 Å². The van der Waals surface area contributed by atoms with E-state index in [1.165, 1.54) is 18.3 Å². The molecule has 0 bridgehead atoms. The number of nitrogens with one attached hydrogen (secondary N) is 1. The Morgan fingerprint density at radius 2 is 1.66 bits per heavy atom. The summed E-state index contributed by atoms with van der Waals surface area (Å²) in [5.41, 5.74) is 4.85. The van der Waals surface area contributed by atoms with Gasteiger partial charge in [0.2, 0.25) is 0 Å². The average Bonchev–Trinajstić information content (AvgIpc) is 2.74. The van der Waals surface area contributed by atoms with E-state index in [-0.39, 0.29) is 12.4 Å². The van der Waals surface area contributed by atoms with Gasteiger partial charge in [0.05, 0.1) is 6.21 Å². The van der Waals surface area contributed by atoms with Crippen LogP contribution in [-0.4, -0.2) is 25.3 Å². The second-order valence-electron chi connectivity index (χ2n) is 5.89. The topological polar surface area (TPSA) is 59.9 Å². The van der Waals surface area contributed by atoms with E-state index < -0.39 is 12.5 Å². The zero-order valence-corrected chi connectivity index (χ0v) is 15.3. The van der Waals surface area contributed by atoms with Crippen molar-refractivity contribution in [1.82, 2.24) is 5.43 Å². The lowest BCUT2D eigenvalue weighted by Crippen LogP contribution is -2.24. The number of nitrogens with zero attached hydrogens (tertiary/aromatic N) is 1. The third kappa shape index (κ3) is 6.14. The second kappa shape index (κ2) is 9.98. The average molecular weight is 396 g/mol. The number of carbonyl (C=O) groups excluding carboxylic acids is 1. The first-order chi connectivity index (χ1) is 14.1. The van der Waals surface area contributed by atoms with Crippen LogP contribution in [0.25, 0.3) is 11.1 Å². The molecule has 0 spiro atoms. The Bertz CT molecular complexity index is 961. The van der Waals surface area contributed by atoms with Crippen molar-refractivity contribution in [2.75, 3.05) is 6.61 Å². The maximum atomic E-state index is 12.1. The Labute approximate surface area is 166 Å². The zero-order valence-electron chi connectivity index (χ0n) is 15.3. The maximum Gasteiger partial charge on any atom is 0.387 e. The number of benzene rings is 3. The SMILES string of the molecule is O=C(COc1ccccc1-c1ccccc1)N/N=C\c1ccc(OC(F)F)cc1. The first kappa shape index (κ1) is 20.0. The predicted octanol–water partition coefficient (Wildman–Crippen LogP) is 4.48. The van der Waals surface area contributed by atoms with E-state index >= 15 is 0 Å². The summed E-state index contributed by atoms with van der Waals surface area (Å²) in [6.45, 7) is -3.08. The number of hydrazone groups is 1. The number of hydrogen-bond acceptors (Lipinski definition) is 4. The Hall–Kier alpha value is -3.74. The Balaban J connectivity index is 1.53. The summed E-state index contributed by atoms with van der Waals surface area (Å²) in [7, 11) is 0. The van der Waals surface area contributed by atoms with Crippen molar-refractivity contribution >= 4 is 12.1 Å². The quantitative estimate of drug-likeness (QED) is 0.451. The molecule has 0 saturated carbocycles. The van der Waals surface area contributed by atoms with E-state index in [4.69, 9.17) is 4.74 Å². The molecule has 0 saturated heterocycles. The van der Waals surface area contributed by atoms with Gasteiger partial charge in [0, 0.05) is 5.56 Å². The van der Waals surface area contributed by atoms with Gasteiger partial charge >= 0.3 is 6.61 Å². The number of alkyl halides is 2. The third-order valence-corrected chi connectivity index (χ3v) is 3.84. The van der Waals surface area contributed by atoms with E-state index in [2.05, 4.69) is 15.3 Å². The molecule has 5 nitrogen and oxygen atoms in total. The van der Waals surface area contributed by atoms with Gasteiger partial charge < -0.3 is 9.47 Å². The van der Waals surface area contributed by atoms with E-state index in [1.807, 2.05) is 48.5 Å². The molecule has 0 heterocycles. The highest BCUT2D eigenvalue weighted by Gasteiger charge is 2.08. The minimum absolute atomic E-state index is 0.0478. The Morgan fingerprint density at radius 3 is 2.38 bits per heavy atom. The molecule has 0 radical (unpaired) electrons. The number of amides is 1. The van der Waals surface area contributed by atoms with Crippen LogP contribution in [0.3, 0.4) is 0 Å². The molecule has 0 unspecified atom stereocenters. The van der Waals surface area contributed by atoms with Crippen LogP contribution in [0.5, 0.6) is 11.5 Å². The maximum absolute atomic E-state index is 12.1. The number of para-hydroxylation sites is 1. The van der Waals surface area contributed by atoms with Crippen LogP contribution in [0.4, 0.5) is 8.78 Å². The van der Waals surface area contributed by atoms with Gasteiger partial charge in [0.25, 0.3) is 5.91 Å². The lowest BCUT2D eigenvalue weighted by atomic mass is 10.1. The molecular formula is C22H18F2N2O3. The summed E-state index contributed by atoms with van der Waals surface area (Å²) >= 11 is 0. The van der Waals surface area contributed by atoms with Crippen molar-refractivity contribution in [3.63, 3.8) is 0 Å². The number of rotatable bonds is 8. The van der Waals surface area contributed by atoms with Crippen molar-refractivity contribution < 1.29 is 23.0 Å². The largest absolute Gasteiger partial charge is 0.483 e. The summed E-state index contributed by atoms with van der Waals surface area (Å²) in [4.78, 5) is 12.0. The molecule has 0 fully saturated rings. The predicted molar refractivity (Wildman–Crippen MR) is 106 cm³/mol. The molecule has 148 valence electrons. The molecule has 0 aliphatic heterocycles. The van der Waals surface area contributed by atoms with Gasteiger partial charge in [-0.3, -0.25) is 4.79 Å². The minimum Gasteiger partial charge on any atom is -0.483 e. The van der Waals surface area contributed by atoms with Crippen molar-refractivity contribution in [1.29, 1.82) is 0 Å².